The molecule has 0 unspecified atom stereocenters. The van der Waals surface area contributed by atoms with Crippen molar-refractivity contribution in [1.29, 1.82) is 0 Å². The minimum absolute atomic E-state index is 0.233. The van der Waals surface area contributed by atoms with Gasteiger partial charge in [0, 0.05) is 30.6 Å². The van der Waals surface area contributed by atoms with Crippen LogP contribution in [-0.2, 0) is 7.05 Å². The first kappa shape index (κ1) is 18.5. The molecular weight excluding hydrogens is 342 g/mol. The average Bonchev–Trinajstić information content (AvgIpc) is 3.12. The molecule has 3 aromatic rings. The molecule has 0 aliphatic rings. The summed E-state index contributed by atoms with van der Waals surface area (Å²) in [6.45, 7) is 1.89. The van der Waals surface area contributed by atoms with Gasteiger partial charge in [-0.05, 0) is 24.6 Å². The van der Waals surface area contributed by atoms with Crippen LogP contribution in [0.1, 0.15) is 33.4 Å². The highest BCUT2D eigenvalue weighted by Crippen LogP contribution is 2.30. The van der Waals surface area contributed by atoms with E-state index in [2.05, 4.69) is 10.3 Å². The van der Waals surface area contributed by atoms with Gasteiger partial charge in [-0.2, -0.15) is 0 Å². The highest BCUT2D eigenvalue weighted by Gasteiger charge is 2.22. The number of hydrogen-bond donors (Lipinski definition) is 1. The second-order valence-electron chi connectivity index (χ2n) is 6.22. The average molecular weight is 365 g/mol. The molecule has 27 heavy (non-hydrogen) atoms. The summed E-state index contributed by atoms with van der Waals surface area (Å²) in [4.78, 5) is 17.4. The van der Waals surface area contributed by atoms with Crippen LogP contribution in [0.5, 0.6) is 11.5 Å². The van der Waals surface area contributed by atoms with E-state index in [0.717, 1.165) is 17.0 Å². The van der Waals surface area contributed by atoms with Crippen molar-refractivity contribution in [2.24, 2.45) is 7.05 Å². The quantitative estimate of drug-likeness (QED) is 0.728. The number of methoxy groups -OCH3 is 2. The Morgan fingerprint density at radius 2 is 1.74 bits per heavy atom. The number of aryl methyl sites for hydroxylation is 1. The summed E-state index contributed by atoms with van der Waals surface area (Å²) in [5, 5.41) is 3.08. The van der Waals surface area contributed by atoms with Crippen LogP contribution in [0, 0.1) is 6.92 Å². The summed E-state index contributed by atoms with van der Waals surface area (Å²) in [7, 11) is 5.05. The predicted molar refractivity (Wildman–Crippen MR) is 103 cm³/mol. The van der Waals surface area contributed by atoms with Crippen LogP contribution in [-0.4, -0.2) is 29.7 Å². The Balaban J connectivity index is 1.97. The van der Waals surface area contributed by atoms with Gasteiger partial charge in [0.05, 0.1) is 14.2 Å². The Bertz CT molecular complexity index is 910. The van der Waals surface area contributed by atoms with Gasteiger partial charge in [-0.25, -0.2) is 4.98 Å². The van der Waals surface area contributed by atoms with E-state index in [1.807, 2.05) is 55.1 Å². The first-order valence-corrected chi connectivity index (χ1v) is 8.60. The van der Waals surface area contributed by atoms with Gasteiger partial charge in [-0.15, -0.1) is 0 Å². The molecule has 0 radical (unpaired) electrons. The smallest absolute Gasteiger partial charge is 0.252 e. The Kier molecular flexibility index (Phi) is 5.45. The van der Waals surface area contributed by atoms with E-state index in [9.17, 15) is 4.79 Å². The summed E-state index contributed by atoms with van der Waals surface area (Å²) in [6.07, 6.45) is 3.57. The minimum Gasteiger partial charge on any atom is -0.496 e. The molecule has 2 aromatic carbocycles. The van der Waals surface area contributed by atoms with E-state index < -0.39 is 0 Å². The van der Waals surface area contributed by atoms with Crippen LogP contribution >= 0.6 is 0 Å². The molecule has 1 N–H and O–H groups in total. The first-order valence-electron chi connectivity index (χ1n) is 8.60. The number of nitrogens with zero attached hydrogens (tertiary/aromatic N) is 2. The highest BCUT2D eigenvalue weighted by molar-refractivity contribution is 5.95. The lowest BCUT2D eigenvalue weighted by molar-refractivity contribution is 0.0940. The van der Waals surface area contributed by atoms with Gasteiger partial charge in [0.25, 0.3) is 5.91 Å². The number of aromatic nitrogens is 2. The van der Waals surface area contributed by atoms with Gasteiger partial charge < -0.3 is 19.4 Å². The van der Waals surface area contributed by atoms with Crippen molar-refractivity contribution in [1.82, 2.24) is 14.9 Å². The lowest BCUT2D eigenvalue weighted by atomic mass is 10.0. The van der Waals surface area contributed by atoms with Gasteiger partial charge in [0.1, 0.15) is 23.4 Å². The number of carbonyl (C=O) groups is 1. The van der Waals surface area contributed by atoms with Crippen LogP contribution in [0.15, 0.2) is 54.9 Å². The van der Waals surface area contributed by atoms with Gasteiger partial charge >= 0.3 is 0 Å². The van der Waals surface area contributed by atoms with Gasteiger partial charge in [0.2, 0.25) is 0 Å². The maximum absolute atomic E-state index is 13.0. The van der Waals surface area contributed by atoms with E-state index in [1.54, 1.807) is 32.5 Å². The largest absolute Gasteiger partial charge is 0.496 e. The maximum Gasteiger partial charge on any atom is 0.252 e. The van der Waals surface area contributed by atoms with Crippen molar-refractivity contribution >= 4 is 5.91 Å². The standard InChI is InChI=1S/C21H23N3O3/c1-14-17(26-3)12-16(13-18(14)27-4)21(25)23-19(15-8-6-5-7-9-15)20-22-10-11-24(20)2/h5-13,19H,1-4H3,(H,23,25)/t19-/m0/s1. The first-order chi connectivity index (χ1) is 13.0. The van der Waals surface area contributed by atoms with Crippen LogP contribution in [0.25, 0.3) is 0 Å². The highest BCUT2D eigenvalue weighted by atomic mass is 16.5. The van der Waals surface area contributed by atoms with Crippen molar-refractivity contribution in [2.75, 3.05) is 14.2 Å². The summed E-state index contributed by atoms with van der Waals surface area (Å²) in [6, 6.07) is 12.8. The number of imidazole rings is 1. The lowest BCUT2D eigenvalue weighted by Crippen LogP contribution is -2.31. The molecule has 0 aliphatic carbocycles. The number of ether oxygens (including phenoxy) is 2. The van der Waals surface area contributed by atoms with Crippen molar-refractivity contribution in [3.05, 3.63) is 77.4 Å². The number of nitrogens with one attached hydrogen (secondary N) is 1. The zero-order valence-electron chi connectivity index (χ0n) is 15.9. The zero-order valence-corrected chi connectivity index (χ0v) is 15.9. The van der Waals surface area contributed by atoms with E-state index in [4.69, 9.17) is 9.47 Å². The molecule has 1 atom stereocenters. The summed E-state index contributed by atoms with van der Waals surface area (Å²) in [5.74, 6) is 1.73. The second kappa shape index (κ2) is 7.95. The van der Waals surface area contributed by atoms with Crippen molar-refractivity contribution in [2.45, 2.75) is 13.0 Å². The molecule has 0 fully saturated rings. The third kappa shape index (κ3) is 3.79. The number of benzene rings is 2. The van der Waals surface area contributed by atoms with Crippen LogP contribution < -0.4 is 14.8 Å². The molecule has 0 bridgehead atoms. The van der Waals surface area contributed by atoms with E-state index in [0.29, 0.717) is 17.1 Å². The van der Waals surface area contributed by atoms with Crippen molar-refractivity contribution in [3.63, 3.8) is 0 Å². The molecular formula is C21H23N3O3. The fraction of sp³-hybridized carbons (Fsp3) is 0.238. The third-order valence-electron chi connectivity index (χ3n) is 4.54. The lowest BCUT2D eigenvalue weighted by Gasteiger charge is -2.20. The Morgan fingerprint density at radius 1 is 1.11 bits per heavy atom. The molecule has 6 nitrogen and oxygen atoms in total. The normalized spacial score (nSPS) is 11.7. The minimum atomic E-state index is -0.378. The van der Waals surface area contributed by atoms with Gasteiger partial charge in [-0.1, -0.05) is 30.3 Å². The Morgan fingerprint density at radius 3 is 2.26 bits per heavy atom. The number of rotatable bonds is 6. The molecule has 1 amide bonds. The van der Waals surface area contributed by atoms with E-state index in [-0.39, 0.29) is 11.9 Å². The molecule has 6 heteroatoms. The Labute approximate surface area is 158 Å². The zero-order chi connectivity index (χ0) is 19.4. The third-order valence-corrected chi connectivity index (χ3v) is 4.54. The van der Waals surface area contributed by atoms with Gasteiger partial charge in [-0.3, -0.25) is 4.79 Å². The summed E-state index contributed by atoms with van der Waals surface area (Å²) >= 11 is 0. The molecule has 140 valence electrons. The monoisotopic (exact) mass is 365 g/mol. The van der Waals surface area contributed by atoms with Crippen LogP contribution in [0.2, 0.25) is 0 Å². The molecule has 0 saturated heterocycles. The van der Waals surface area contributed by atoms with Crippen LogP contribution in [0.4, 0.5) is 0 Å². The molecule has 0 saturated carbocycles. The Hall–Kier alpha value is -3.28. The molecule has 1 heterocycles. The van der Waals surface area contributed by atoms with E-state index >= 15 is 0 Å². The number of carbonyl (C=O) groups excluding carboxylic acids is 1. The summed E-state index contributed by atoms with van der Waals surface area (Å²) < 4.78 is 12.7. The SMILES string of the molecule is COc1cc(C(=O)N[C@@H](c2ccccc2)c2nccn2C)cc(OC)c1C. The number of hydrogen-bond acceptors (Lipinski definition) is 4. The molecule has 1 aromatic heterocycles. The van der Waals surface area contributed by atoms with Crippen LogP contribution in [0.3, 0.4) is 0 Å². The summed E-state index contributed by atoms with van der Waals surface area (Å²) in [5.41, 5.74) is 2.26. The van der Waals surface area contributed by atoms with Crippen molar-refractivity contribution < 1.29 is 14.3 Å². The predicted octanol–water partition coefficient (Wildman–Crippen LogP) is 3.27. The fourth-order valence-corrected chi connectivity index (χ4v) is 3.03. The number of amides is 1. The molecule has 0 aliphatic heterocycles. The molecule has 0 spiro atoms. The fourth-order valence-electron chi connectivity index (χ4n) is 3.03. The topological polar surface area (TPSA) is 65.4 Å². The van der Waals surface area contributed by atoms with Crippen molar-refractivity contribution in [3.8, 4) is 11.5 Å². The van der Waals surface area contributed by atoms with Gasteiger partial charge in [0.15, 0.2) is 0 Å². The molecule has 3 rings (SSSR count). The maximum atomic E-state index is 13.0. The second-order valence-corrected chi connectivity index (χ2v) is 6.22. The van der Waals surface area contributed by atoms with E-state index in [1.165, 1.54) is 0 Å².